The van der Waals surface area contributed by atoms with Crippen molar-refractivity contribution in [3.8, 4) is 0 Å². The Morgan fingerprint density at radius 2 is 1.76 bits per heavy atom. The molecule has 0 aromatic heterocycles. The normalized spacial score (nSPS) is 20.3. The van der Waals surface area contributed by atoms with Crippen LogP contribution in [0, 0.1) is 11.3 Å². The van der Waals surface area contributed by atoms with Gasteiger partial charge in [-0.15, -0.1) is 0 Å². The van der Waals surface area contributed by atoms with Crippen LogP contribution in [0.4, 0.5) is 13.2 Å². The predicted molar refractivity (Wildman–Crippen MR) is 119 cm³/mol. The Hall–Kier alpha value is -2.10. The monoisotopic (exact) mass is 477 g/mol. The fourth-order valence-electron chi connectivity index (χ4n) is 4.02. The molecule has 1 aliphatic rings. The first kappa shape index (κ1) is 28.9. The second kappa shape index (κ2) is 11.4. The van der Waals surface area contributed by atoms with Crippen molar-refractivity contribution in [2.45, 2.75) is 85.1 Å². The van der Waals surface area contributed by atoms with Gasteiger partial charge in [-0.1, -0.05) is 47.1 Å². The quantitative estimate of drug-likeness (QED) is 0.523. The van der Waals surface area contributed by atoms with Gasteiger partial charge in [0.25, 0.3) is 0 Å². The molecule has 1 rings (SSSR count). The zero-order valence-electron chi connectivity index (χ0n) is 20.6. The van der Waals surface area contributed by atoms with Gasteiger partial charge in [0.1, 0.15) is 6.04 Å². The molecule has 1 heterocycles. The fourth-order valence-corrected chi connectivity index (χ4v) is 4.02. The number of likely N-dealkylation sites (N-methyl/N-ethyl adjacent to an activating group) is 1. The van der Waals surface area contributed by atoms with Gasteiger partial charge in [-0.2, -0.15) is 13.2 Å². The van der Waals surface area contributed by atoms with Gasteiger partial charge in [0.15, 0.2) is 0 Å². The lowest BCUT2D eigenvalue weighted by molar-refractivity contribution is -0.159. The molecule has 33 heavy (non-hydrogen) atoms. The molecule has 0 aromatic rings. The second-order valence-corrected chi connectivity index (χ2v) is 10.2. The Balaban J connectivity index is 3.16. The van der Waals surface area contributed by atoms with Crippen LogP contribution in [0.15, 0.2) is 11.6 Å². The van der Waals surface area contributed by atoms with Gasteiger partial charge >= 0.3 is 12.1 Å². The Morgan fingerprint density at radius 3 is 2.21 bits per heavy atom. The van der Waals surface area contributed by atoms with Crippen molar-refractivity contribution in [2.75, 3.05) is 20.1 Å². The van der Waals surface area contributed by atoms with Crippen LogP contribution >= 0.6 is 0 Å². The molecule has 1 unspecified atom stereocenters. The summed E-state index contributed by atoms with van der Waals surface area (Å²) in [5.41, 5.74) is -0.632. The lowest BCUT2D eigenvalue weighted by Gasteiger charge is -2.40. The number of halogens is 3. The van der Waals surface area contributed by atoms with Crippen LogP contribution in [0.2, 0.25) is 0 Å². The highest BCUT2D eigenvalue weighted by molar-refractivity contribution is 5.91. The molecule has 0 radical (unpaired) electrons. The van der Waals surface area contributed by atoms with E-state index in [0.29, 0.717) is 12.8 Å². The molecule has 3 atom stereocenters. The van der Waals surface area contributed by atoms with Crippen LogP contribution in [0.5, 0.6) is 0 Å². The van der Waals surface area contributed by atoms with Crippen molar-refractivity contribution in [3.05, 3.63) is 11.6 Å². The van der Waals surface area contributed by atoms with Crippen LogP contribution in [0.1, 0.15) is 60.8 Å². The van der Waals surface area contributed by atoms with Crippen molar-refractivity contribution in [2.24, 2.45) is 11.3 Å². The van der Waals surface area contributed by atoms with Crippen LogP contribution < -0.4 is 5.32 Å². The van der Waals surface area contributed by atoms with Gasteiger partial charge in [-0.3, -0.25) is 14.5 Å². The predicted octanol–water partition coefficient (Wildman–Crippen LogP) is 3.45. The molecule has 190 valence electrons. The highest BCUT2D eigenvalue weighted by Crippen LogP contribution is 2.27. The summed E-state index contributed by atoms with van der Waals surface area (Å²) in [5.74, 6) is -2.23. The second-order valence-electron chi connectivity index (χ2n) is 10.2. The van der Waals surface area contributed by atoms with Crippen molar-refractivity contribution >= 4 is 17.8 Å². The molecule has 0 spiro atoms. The highest BCUT2D eigenvalue weighted by atomic mass is 19.4. The van der Waals surface area contributed by atoms with Crippen molar-refractivity contribution in [1.82, 2.24) is 15.1 Å². The average Bonchev–Trinajstić information content (AvgIpc) is 2.66. The number of carboxylic acids is 1. The Labute approximate surface area is 194 Å². The number of likely N-dealkylation sites (tertiary alicyclic amines) is 1. The van der Waals surface area contributed by atoms with Crippen molar-refractivity contribution < 1.29 is 32.7 Å². The maximum Gasteiger partial charge on any atom is 0.401 e. The summed E-state index contributed by atoms with van der Waals surface area (Å²) in [6.07, 6.45) is -1.42. The topological polar surface area (TPSA) is 90.0 Å². The maximum atomic E-state index is 13.5. The Kier molecular flexibility index (Phi) is 9.95. The lowest BCUT2D eigenvalue weighted by Crippen LogP contribution is -2.60. The van der Waals surface area contributed by atoms with E-state index >= 15 is 0 Å². The third kappa shape index (κ3) is 8.64. The van der Waals surface area contributed by atoms with E-state index in [9.17, 15) is 32.7 Å². The van der Waals surface area contributed by atoms with Gasteiger partial charge in [0.2, 0.25) is 11.8 Å². The number of amides is 2. The summed E-state index contributed by atoms with van der Waals surface area (Å²) in [6.45, 7) is 9.43. The van der Waals surface area contributed by atoms with E-state index in [4.69, 9.17) is 0 Å². The van der Waals surface area contributed by atoms with E-state index in [0.717, 1.165) is 4.90 Å². The van der Waals surface area contributed by atoms with Gasteiger partial charge in [0.05, 0.1) is 18.6 Å². The van der Waals surface area contributed by atoms with E-state index < -0.39 is 54.0 Å². The van der Waals surface area contributed by atoms with Gasteiger partial charge in [-0.05, 0) is 37.6 Å². The number of aliphatic carboxylic acids is 1. The minimum absolute atomic E-state index is 0.0923. The fraction of sp³-hybridized carbons (Fsp3) is 0.783. The summed E-state index contributed by atoms with van der Waals surface area (Å²) in [6, 6.07) is -2.49. The van der Waals surface area contributed by atoms with E-state index in [2.05, 4.69) is 5.32 Å². The number of hydrogen-bond donors (Lipinski definition) is 2. The molecular weight excluding hydrogens is 439 g/mol. The number of carboxylic acid groups (broad SMARTS) is 1. The summed E-state index contributed by atoms with van der Waals surface area (Å²) >= 11 is 0. The van der Waals surface area contributed by atoms with Crippen LogP contribution in [0.3, 0.4) is 0 Å². The number of alkyl halides is 3. The summed E-state index contributed by atoms with van der Waals surface area (Å²) < 4.78 is 39.0. The Bertz CT molecular complexity index is 744. The first-order chi connectivity index (χ1) is 15.0. The average molecular weight is 478 g/mol. The van der Waals surface area contributed by atoms with Crippen molar-refractivity contribution in [1.29, 1.82) is 0 Å². The molecule has 2 N–H and O–H groups in total. The molecule has 1 saturated heterocycles. The molecule has 7 nitrogen and oxygen atoms in total. The van der Waals surface area contributed by atoms with E-state index in [1.54, 1.807) is 27.8 Å². The molecule has 0 saturated carbocycles. The van der Waals surface area contributed by atoms with Crippen LogP contribution in [0.25, 0.3) is 0 Å². The summed E-state index contributed by atoms with van der Waals surface area (Å²) in [5, 5.41) is 11.9. The molecule has 2 amide bonds. The Morgan fingerprint density at radius 1 is 1.18 bits per heavy atom. The van der Waals surface area contributed by atoms with Gasteiger partial charge in [0, 0.05) is 12.6 Å². The smallest absolute Gasteiger partial charge is 0.401 e. The van der Waals surface area contributed by atoms with E-state index in [-0.39, 0.29) is 24.5 Å². The summed E-state index contributed by atoms with van der Waals surface area (Å²) in [7, 11) is 1.54. The first-order valence-corrected chi connectivity index (χ1v) is 11.2. The zero-order valence-corrected chi connectivity index (χ0v) is 20.6. The summed E-state index contributed by atoms with van der Waals surface area (Å²) in [4.78, 5) is 40.3. The molecular formula is C23H38F3N3O4. The number of nitrogens with one attached hydrogen (secondary N) is 1. The largest absolute Gasteiger partial charge is 0.478 e. The molecule has 1 fully saturated rings. The third-order valence-electron chi connectivity index (χ3n) is 5.93. The standard InChI is InChI=1S/C23H38F3N3O4/c1-14(2)17(12-15(3)21(32)33)28(7)20(31)18(22(4,5)6)27-19(30)16-10-8-9-11-29(16)13-23(24,25)26/h12,14,16-18H,8-11,13H2,1-7H3,(H,27,30)(H,32,33)/b15-12+/t16?,17-,18-/m1/s1. The molecule has 0 bridgehead atoms. The maximum absolute atomic E-state index is 13.5. The van der Waals surface area contributed by atoms with Gasteiger partial charge in [-0.25, -0.2) is 4.79 Å². The van der Waals surface area contributed by atoms with Crippen LogP contribution in [-0.2, 0) is 14.4 Å². The zero-order chi connectivity index (χ0) is 25.7. The third-order valence-corrected chi connectivity index (χ3v) is 5.93. The number of rotatable bonds is 8. The van der Waals surface area contributed by atoms with E-state index in [1.165, 1.54) is 17.9 Å². The minimum atomic E-state index is -4.42. The molecule has 0 aromatic carbocycles. The number of carbonyl (C=O) groups excluding carboxylic acids is 2. The van der Waals surface area contributed by atoms with Crippen LogP contribution in [-0.4, -0.2) is 77.1 Å². The van der Waals surface area contributed by atoms with Gasteiger partial charge < -0.3 is 15.3 Å². The first-order valence-electron chi connectivity index (χ1n) is 11.2. The highest BCUT2D eigenvalue weighted by Gasteiger charge is 2.41. The minimum Gasteiger partial charge on any atom is -0.478 e. The molecule has 1 aliphatic heterocycles. The number of piperidine rings is 1. The van der Waals surface area contributed by atoms with E-state index in [1.807, 2.05) is 13.8 Å². The molecule has 0 aliphatic carbocycles. The number of carbonyl (C=O) groups is 3. The lowest BCUT2D eigenvalue weighted by atomic mass is 9.84. The number of nitrogens with zero attached hydrogens (tertiary/aromatic N) is 2. The number of hydrogen-bond acceptors (Lipinski definition) is 4. The van der Waals surface area contributed by atoms with Crippen molar-refractivity contribution in [3.63, 3.8) is 0 Å². The molecule has 10 heteroatoms. The SMILES string of the molecule is C/C(=C\[C@H](C(C)C)N(C)C(=O)[C@@H](NC(=O)C1CCCCN1CC(F)(F)F)C(C)(C)C)C(=O)O.